The van der Waals surface area contributed by atoms with E-state index >= 15 is 0 Å². The summed E-state index contributed by atoms with van der Waals surface area (Å²) in [4.78, 5) is 14.0. The minimum atomic E-state index is 0.163. The molecule has 7 nitrogen and oxygen atoms in total. The van der Waals surface area contributed by atoms with Crippen molar-refractivity contribution in [3.05, 3.63) is 18.1 Å². The fourth-order valence-corrected chi connectivity index (χ4v) is 4.85. The summed E-state index contributed by atoms with van der Waals surface area (Å²) in [6.45, 7) is 6.50. The number of piperazine rings is 1. The molecule has 2 aliphatic carbocycles. The predicted molar refractivity (Wildman–Crippen MR) is 104 cm³/mol. The standard InChI is InChI=1S/C20H32N6O/c1-20(5-6-20)27-14-3-4-16-15(11-14)19(24-23-16)17-12-18(22-13-21-17)26-9-7-25(2)8-10-26/h12-16,19,23-24H,3-11H2,1-2H3. The van der Waals surface area contributed by atoms with Gasteiger partial charge in [-0.15, -0.1) is 0 Å². The maximum atomic E-state index is 6.41. The third kappa shape index (κ3) is 3.70. The number of likely N-dealkylation sites (N-methyl/N-ethyl adjacent to an activating group) is 1. The summed E-state index contributed by atoms with van der Waals surface area (Å²) in [5, 5.41) is 0. The second-order valence-electron chi connectivity index (χ2n) is 9.13. The summed E-state index contributed by atoms with van der Waals surface area (Å²) in [7, 11) is 2.18. The number of hydrazine groups is 1. The SMILES string of the molecule is CN1CCN(c2cc(C3NNC4CCC(OC5(C)CC5)CC43)ncn2)CC1. The normalized spacial score (nSPS) is 35.9. The van der Waals surface area contributed by atoms with Gasteiger partial charge in [-0.3, -0.25) is 5.43 Å². The maximum absolute atomic E-state index is 6.41. The number of nitrogens with one attached hydrogen (secondary N) is 2. The average molecular weight is 373 g/mol. The molecule has 4 atom stereocenters. The summed E-state index contributed by atoms with van der Waals surface area (Å²) in [6.07, 6.45) is 8.01. The van der Waals surface area contributed by atoms with E-state index in [-0.39, 0.29) is 11.6 Å². The largest absolute Gasteiger partial charge is 0.372 e. The molecule has 2 saturated heterocycles. The molecule has 2 N–H and O–H groups in total. The number of fused-ring (bicyclic) bond motifs is 1. The Morgan fingerprint density at radius 3 is 2.70 bits per heavy atom. The Labute approximate surface area is 161 Å². The number of anilines is 1. The van der Waals surface area contributed by atoms with Gasteiger partial charge < -0.3 is 14.5 Å². The molecule has 148 valence electrons. The lowest BCUT2D eigenvalue weighted by molar-refractivity contribution is -0.0500. The van der Waals surface area contributed by atoms with Gasteiger partial charge >= 0.3 is 0 Å². The fraction of sp³-hybridized carbons (Fsp3) is 0.800. The fourth-order valence-electron chi connectivity index (χ4n) is 4.85. The second-order valence-corrected chi connectivity index (χ2v) is 9.13. The Morgan fingerprint density at radius 2 is 1.93 bits per heavy atom. The molecular weight excluding hydrogens is 340 g/mol. The lowest BCUT2D eigenvalue weighted by Crippen LogP contribution is -2.44. The van der Waals surface area contributed by atoms with Gasteiger partial charge in [-0.05, 0) is 46.1 Å². The molecule has 5 rings (SSSR count). The van der Waals surface area contributed by atoms with Crippen LogP contribution in [-0.4, -0.2) is 65.8 Å². The Hall–Kier alpha value is -1.28. The third-order valence-electron chi connectivity index (χ3n) is 6.93. The first-order valence-electron chi connectivity index (χ1n) is 10.5. The molecule has 3 heterocycles. The van der Waals surface area contributed by atoms with Crippen molar-refractivity contribution in [1.29, 1.82) is 0 Å². The van der Waals surface area contributed by atoms with Gasteiger partial charge in [0.1, 0.15) is 12.1 Å². The first-order valence-corrected chi connectivity index (χ1v) is 10.5. The number of nitrogens with zero attached hydrogens (tertiary/aromatic N) is 4. The van der Waals surface area contributed by atoms with Crippen molar-refractivity contribution in [2.24, 2.45) is 5.92 Å². The lowest BCUT2D eigenvalue weighted by Gasteiger charge is -2.35. The molecule has 2 aliphatic heterocycles. The molecule has 0 radical (unpaired) electrons. The van der Waals surface area contributed by atoms with E-state index in [2.05, 4.69) is 50.7 Å². The first-order chi connectivity index (χ1) is 13.1. The van der Waals surface area contributed by atoms with Gasteiger partial charge in [-0.1, -0.05) is 0 Å². The molecule has 0 spiro atoms. The van der Waals surface area contributed by atoms with Gasteiger partial charge in [0.25, 0.3) is 0 Å². The number of rotatable bonds is 4. The highest BCUT2D eigenvalue weighted by Gasteiger charge is 2.46. The summed E-state index contributed by atoms with van der Waals surface area (Å²) in [5.74, 6) is 1.59. The molecule has 0 amide bonds. The van der Waals surface area contributed by atoms with E-state index in [1.807, 2.05) is 0 Å². The Kier molecular flexibility index (Phi) is 4.58. The second kappa shape index (κ2) is 6.95. The van der Waals surface area contributed by atoms with Crippen molar-refractivity contribution in [2.45, 2.75) is 62.8 Å². The molecule has 7 heteroatoms. The van der Waals surface area contributed by atoms with Crippen molar-refractivity contribution < 1.29 is 4.74 Å². The molecule has 2 saturated carbocycles. The summed E-state index contributed by atoms with van der Waals surface area (Å²) < 4.78 is 6.41. The number of aromatic nitrogens is 2. The zero-order chi connectivity index (χ0) is 18.4. The Bertz CT molecular complexity index is 672. The van der Waals surface area contributed by atoms with Crippen molar-refractivity contribution >= 4 is 5.82 Å². The van der Waals surface area contributed by atoms with Crippen LogP contribution in [0, 0.1) is 5.92 Å². The number of hydrogen-bond acceptors (Lipinski definition) is 7. The topological polar surface area (TPSA) is 65.5 Å². The summed E-state index contributed by atoms with van der Waals surface area (Å²) >= 11 is 0. The van der Waals surface area contributed by atoms with E-state index in [0.717, 1.165) is 50.5 Å². The van der Waals surface area contributed by atoms with Gasteiger partial charge in [0, 0.05) is 44.2 Å². The predicted octanol–water partition coefficient (Wildman–Crippen LogP) is 1.48. The van der Waals surface area contributed by atoms with Crippen molar-refractivity contribution in [3.63, 3.8) is 0 Å². The Balaban J connectivity index is 1.30. The van der Waals surface area contributed by atoms with Crippen LogP contribution in [0.3, 0.4) is 0 Å². The molecule has 4 aliphatic rings. The van der Waals surface area contributed by atoms with Crippen LogP contribution in [0.25, 0.3) is 0 Å². The minimum absolute atomic E-state index is 0.163. The molecule has 0 bridgehead atoms. The summed E-state index contributed by atoms with van der Waals surface area (Å²) in [6, 6.07) is 2.95. The van der Waals surface area contributed by atoms with Crippen LogP contribution in [0.4, 0.5) is 5.82 Å². The third-order valence-corrected chi connectivity index (χ3v) is 6.93. The van der Waals surface area contributed by atoms with Gasteiger partial charge in [-0.2, -0.15) is 0 Å². The number of hydrogen-bond donors (Lipinski definition) is 2. The van der Waals surface area contributed by atoms with Crippen LogP contribution in [0.2, 0.25) is 0 Å². The van der Waals surface area contributed by atoms with Gasteiger partial charge in [0.15, 0.2) is 0 Å². The van der Waals surface area contributed by atoms with Crippen molar-refractivity contribution in [3.8, 4) is 0 Å². The zero-order valence-corrected chi connectivity index (χ0v) is 16.5. The smallest absolute Gasteiger partial charge is 0.132 e. The molecular formula is C20H32N6O. The van der Waals surface area contributed by atoms with Crippen LogP contribution < -0.4 is 15.8 Å². The van der Waals surface area contributed by atoms with Crippen molar-refractivity contribution in [2.75, 3.05) is 38.1 Å². The molecule has 27 heavy (non-hydrogen) atoms. The van der Waals surface area contributed by atoms with Gasteiger partial charge in [0.05, 0.1) is 23.4 Å². The Morgan fingerprint density at radius 1 is 1.11 bits per heavy atom. The highest BCUT2D eigenvalue weighted by atomic mass is 16.5. The van der Waals surface area contributed by atoms with Crippen LogP contribution in [0.15, 0.2) is 12.4 Å². The summed E-state index contributed by atoms with van der Waals surface area (Å²) in [5.41, 5.74) is 8.32. The van der Waals surface area contributed by atoms with Crippen LogP contribution in [-0.2, 0) is 4.74 Å². The first kappa shape index (κ1) is 17.8. The van der Waals surface area contributed by atoms with Gasteiger partial charge in [-0.25, -0.2) is 15.4 Å². The van der Waals surface area contributed by atoms with E-state index in [1.54, 1.807) is 6.33 Å². The average Bonchev–Trinajstić information content (AvgIpc) is 3.25. The van der Waals surface area contributed by atoms with Gasteiger partial charge in [0.2, 0.25) is 0 Å². The number of ether oxygens (including phenoxy) is 1. The molecule has 1 aromatic heterocycles. The zero-order valence-electron chi connectivity index (χ0n) is 16.5. The monoisotopic (exact) mass is 372 g/mol. The molecule has 4 unspecified atom stereocenters. The van der Waals surface area contributed by atoms with Crippen molar-refractivity contribution in [1.82, 2.24) is 25.7 Å². The van der Waals surface area contributed by atoms with Crippen LogP contribution in [0.1, 0.15) is 50.8 Å². The highest BCUT2D eigenvalue weighted by molar-refractivity contribution is 5.40. The van der Waals surface area contributed by atoms with E-state index in [1.165, 1.54) is 19.3 Å². The molecule has 1 aromatic rings. The quantitative estimate of drug-likeness (QED) is 0.830. The van der Waals surface area contributed by atoms with E-state index in [0.29, 0.717) is 18.1 Å². The highest BCUT2D eigenvalue weighted by Crippen LogP contribution is 2.45. The minimum Gasteiger partial charge on any atom is -0.372 e. The van der Waals surface area contributed by atoms with E-state index in [4.69, 9.17) is 4.74 Å². The maximum Gasteiger partial charge on any atom is 0.132 e. The molecule has 0 aromatic carbocycles. The van der Waals surface area contributed by atoms with E-state index < -0.39 is 0 Å². The lowest BCUT2D eigenvalue weighted by atomic mass is 9.79. The van der Waals surface area contributed by atoms with E-state index in [9.17, 15) is 0 Å². The van der Waals surface area contributed by atoms with Crippen LogP contribution in [0.5, 0.6) is 0 Å². The van der Waals surface area contributed by atoms with Crippen LogP contribution >= 0.6 is 0 Å². The molecule has 4 fully saturated rings.